The van der Waals surface area contributed by atoms with Crippen LogP contribution in [-0.2, 0) is 6.54 Å². The molecular weight excluding hydrogens is 306 g/mol. The molecular formula is C19H20ClN3. The predicted molar refractivity (Wildman–Crippen MR) is 95.5 cm³/mol. The summed E-state index contributed by atoms with van der Waals surface area (Å²) in [6.45, 7) is 0.721. The van der Waals surface area contributed by atoms with E-state index in [1.807, 2.05) is 24.4 Å². The maximum absolute atomic E-state index is 6.16. The van der Waals surface area contributed by atoms with Crippen LogP contribution in [0, 0.1) is 0 Å². The van der Waals surface area contributed by atoms with Crippen molar-refractivity contribution in [3.8, 4) is 0 Å². The molecule has 0 atom stereocenters. The summed E-state index contributed by atoms with van der Waals surface area (Å²) >= 11 is 6.16. The van der Waals surface area contributed by atoms with Crippen molar-refractivity contribution in [1.29, 1.82) is 0 Å². The first-order valence-electron chi connectivity index (χ1n) is 8.36. The molecule has 2 aliphatic rings. The van der Waals surface area contributed by atoms with Gasteiger partial charge in [0.25, 0.3) is 0 Å². The molecule has 0 amide bonds. The second kappa shape index (κ2) is 6.32. The van der Waals surface area contributed by atoms with Crippen molar-refractivity contribution in [2.45, 2.75) is 44.7 Å². The number of halogens is 1. The third-order valence-corrected chi connectivity index (χ3v) is 4.96. The van der Waals surface area contributed by atoms with Gasteiger partial charge in [0.1, 0.15) is 5.82 Å². The largest absolute Gasteiger partial charge is 0.367 e. The van der Waals surface area contributed by atoms with E-state index in [0.717, 1.165) is 34.2 Å². The van der Waals surface area contributed by atoms with Crippen molar-refractivity contribution in [3.05, 3.63) is 58.2 Å². The van der Waals surface area contributed by atoms with Gasteiger partial charge < -0.3 is 5.32 Å². The number of nitrogens with zero attached hydrogens (tertiary/aromatic N) is 2. The summed E-state index contributed by atoms with van der Waals surface area (Å²) in [7, 11) is 0. The molecule has 4 heteroatoms. The normalized spacial score (nSPS) is 17.7. The average molecular weight is 326 g/mol. The highest BCUT2D eigenvalue weighted by Crippen LogP contribution is 2.30. The number of fused-ring (bicyclic) bond motifs is 1. The Kier molecular flexibility index (Phi) is 4.04. The topological polar surface area (TPSA) is 37.3 Å². The zero-order valence-corrected chi connectivity index (χ0v) is 13.8. The van der Waals surface area contributed by atoms with Crippen LogP contribution in [-0.4, -0.2) is 16.7 Å². The fourth-order valence-electron chi connectivity index (χ4n) is 3.56. The summed E-state index contributed by atoms with van der Waals surface area (Å²) in [6, 6.07) is 10.5. The Morgan fingerprint density at radius 2 is 1.96 bits per heavy atom. The molecule has 1 N–H and O–H groups in total. The molecule has 0 radical (unpaired) electrons. The Labute approximate surface area is 141 Å². The predicted octanol–water partition coefficient (Wildman–Crippen LogP) is 4.83. The molecule has 0 unspecified atom stereocenters. The summed E-state index contributed by atoms with van der Waals surface area (Å²) < 4.78 is 0. The van der Waals surface area contributed by atoms with Gasteiger partial charge in [0.2, 0.25) is 0 Å². The van der Waals surface area contributed by atoms with Crippen molar-refractivity contribution in [1.82, 2.24) is 4.98 Å². The van der Waals surface area contributed by atoms with Crippen molar-refractivity contribution in [2.24, 2.45) is 4.99 Å². The molecule has 4 rings (SSSR count). The quantitative estimate of drug-likeness (QED) is 0.877. The zero-order valence-electron chi connectivity index (χ0n) is 13.1. The third kappa shape index (κ3) is 2.98. The van der Waals surface area contributed by atoms with E-state index in [9.17, 15) is 0 Å². The lowest BCUT2D eigenvalue weighted by molar-refractivity contribution is 0.462. The first-order chi connectivity index (χ1) is 11.3. The van der Waals surface area contributed by atoms with Crippen LogP contribution in [0.25, 0.3) is 0 Å². The van der Waals surface area contributed by atoms with E-state index in [1.54, 1.807) is 0 Å². The summed E-state index contributed by atoms with van der Waals surface area (Å²) in [5, 5.41) is 4.41. The molecule has 1 aliphatic heterocycles. The molecule has 0 saturated heterocycles. The molecule has 0 bridgehead atoms. The molecule has 1 saturated carbocycles. The van der Waals surface area contributed by atoms with Crippen LogP contribution in [0.15, 0.2) is 41.5 Å². The SMILES string of the molecule is Clc1cccc(C2=NCc3ccnc(NC4CCCCC4)c32)c1. The van der Waals surface area contributed by atoms with Gasteiger partial charge in [-0.1, -0.05) is 43.0 Å². The maximum Gasteiger partial charge on any atom is 0.135 e. The molecule has 3 nitrogen and oxygen atoms in total. The number of nitrogens with one attached hydrogen (secondary N) is 1. The van der Waals surface area contributed by atoms with Crippen LogP contribution >= 0.6 is 11.6 Å². The lowest BCUT2D eigenvalue weighted by atomic mass is 9.94. The number of benzene rings is 1. The number of aliphatic imine (C=N–C) groups is 1. The average Bonchev–Trinajstić information content (AvgIpc) is 3.01. The Morgan fingerprint density at radius 1 is 1.09 bits per heavy atom. The first-order valence-corrected chi connectivity index (χ1v) is 8.74. The lowest BCUT2D eigenvalue weighted by Gasteiger charge is -2.24. The second-order valence-corrected chi connectivity index (χ2v) is 6.78. The third-order valence-electron chi connectivity index (χ3n) is 4.73. The van der Waals surface area contributed by atoms with Gasteiger partial charge in [-0.25, -0.2) is 4.98 Å². The van der Waals surface area contributed by atoms with Crippen LogP contribution in [0.2, 0.25) is 5.02 Å². The van der Waals surface area contributed by atoms with Crippen molar-refractivity contribution < 1.29 is 0 Å². The fourth-order valence-corrected chi connectivity index (χ4v) is 3.75. The van der Waals surface area contributed by atoms with Crippen molar-refractivity contribution >= 4 is 23.1 Å². The van der Waals surface area contributed by atoms with Gasteiger partial charge in [-0.05, 0) is 36.6 Å². The smallest absolute Gasteiger partial charge is 0.135 e. The van der Waals surface area contributed by atoms with Crippen LogP contribution in [0.5, 0.6) is 0 Å². The highest BCUT2D eigenvalue weighted by atomic mass is 35.5. The number of hydrogen-bond acceptors (Lipinski definition) is 3. The van der Waals surface area contributed by atoms with Gasteiger partial charge in [0.05, 0.1) is 12.3 Å². The van der Waals surface area contributed by atoms with E-state index < -0.39 is 0 Å². The van der Waals surface area contributed by atoms with Crippen molar-refractivity contribution in [2.75, 3.05) is 5.32 Å². The van der Waals surface area contributed by atoms with E-state index in [1.165, 1.54) is 37.7 Å². The minimum Gasteiger partial charge on any atom is -0.367 e. The zero-order chi connectivity index (χ0) is 15.6. The highest BCUT2D eigenvalue weighted by Gasteiger charge is 2.24. The van der Waals surface area contributed by atoms with Gasteiger partial charge in [0, 0.05) is 28.4 Å². The minimum absolute atomic E-state index is 0.531. The molecule has 1 fully saturated rings. The van der Waals surface area contributed by atoms with E-state index in [4.69, 9.17) is 16.6 Å². The molecule has 118 valence electrons. The number of aromatic nitrogens is 1. The van der Waals surface area contributed by atoms with Crippen LogP contribution in [0.3, 0.4) is 0 Å². The summed E-state index contributed by atoms with van der Waals surface area (Å²) in [6.07, 6.45) is 8.32. The standard InChI is InChI=1S/C19H20ClN3/c20-15-6-4-5-13(11-15)18-17-14(12-22-18)9-10-21-19(17)23-16-7-2-1-3-8-16/h4-6,9-11,16H,1-3,7-8,12H2,(H,21,23). The van der Waals surface area contributed by atoms with Gasteiger partial charge in [0.15, 0.2) is 0 Å². The highest BCUT2D eigenvalue weighted by molar-refractivity contribution is 6.31. The van der Waals surface area contributed by atoms with E-state index >= 15 is 0 Å². The van der Waals surface area contributed by atoms with E-state index in [2.05, 4.69) is 22.4 Å². The Hall–Kier alpha value is -1.87. The lowest BCUT2D eigenvalue weighted by Crippen LogP contribution is -2.24. The first kappa shape index (κ1) is 14.7. The number of pyridine rings is 1. The van der Waals surface area contributed by atoms with Gasteiger partial charge >= 0.3 is 0 Å². The van der Waals surface area contributed by atoms with Crippen molar-refractivity contribution in [3.63, 3.8) is 0 Å². The summed E-state index contributed by atoms with van der Waals surface area (Å²) in [5.41, 5.74) is 4.47. The fraction of sp³-hybridized carbons (Fsp3) is 0.368. The molecule has 1 aromatic heterocycles. The van der Waals surface area contributed by atoms with Gasteiger partial charge in [-0.3, -0.25) is 4.99 Å². The molecule has 2 heterocycles. The van der Waals surface area contributed by atoms with Gasteiger partial charge in [-0.15, -0.1) is 0 Å². The number of anilines is 1. The van der Waals surface area contributed by atoms with Crippen LogP contribution in [0.4, 0.5) is 5.82 Å². The maximum atomic E-state index is 6.16. The number of rotatable bonds is 3. The Balaban J connectivity index is 1.68. The number of hydrogen-bond donors (Lipinski definition) is 1. The monoisotopic (exact) mass is 325 g/mol. The van der Waals surface area contributed by atoms with Crippen LogP contribution in [0.1, 0.15) is 48.8 Å². The summed E-state index contributed by atoms with van der Waals surface area (Å²) in [5.74, 6) is 0.977. The molecule has 2 aromatic rings. The Bertz CT molecular complexity index is 748. The molecule has 23 heavy (non-hydrogen) atoms. The minimum atomic E-state index is 0.531. The van der Waals surface area contributed by atoms with Crippen LogP contribution < -0.4 is 5.32 Å². The molecule has 0 spiro atoms. The molecule has 1 aliphatic carbocycles. The molecule has 1 aromatic carbocycles. The summed E-state index contributed by atoms with van der Waals surface area (Å²) in [4.78, 5) is 9.36. The van der Waals surface area contributed by atoms with Gasteiger partial charge in [-0.2, -0.15) is 0 Å². The Morgan fingerprint density at radius 3 is 2.78 bits per heavy atom. The van der Waals surface area contributed by atoms with E-state index in [0.29, 0.717) is 6.04 Å². The van der Waals surface area contributed by atoms with E-state index in [-0.39, 0.29) is 0 Å². The second-order valence-electron chi connectivity index (χ2n) is 6.35.